The zero-order chi connectivity index (χ0) is 23.2. The van der Waals surface area contributed by atoms with Crippen molar-refractivity contribution in [3.63, 3.8) is 0 Å². The second-order valence-corrected chi connectivity index (χ2v) is 8.19. The van der Waals surface area contributed by atoms with Gasteiger partial charge in [0.05, 0.1) is 0 Å². The molecule has 0 radical (unpaired) electrons. The van der Waals surface area contributed by atoms with Crippen LogP contribution < -0.4 is 21.4 Å². The van der Waals surface area contributed by atoms with Gasteiger partial charge in [0, 0.05) is 12.6 Å². The van der Waals surface area contributed by atoms with E-state index in [1.165, 1.54) is 12.1 Å². The monoisotopic (exact) mass is 446 g/mol. The fourth-order valence-corrected chi connectivity index (χ4v) is 3.90. The highest BCUT2D eigenvalue weighted by Gasteiger charge is 2.26. The maximum Gasteiger partial charge on any atom is 0.346 e. The van der Waals surface area contributed by atoms with Gasteiger partial charge in [0.1, 0.15) is 12.4 Å². The second-order valence-electron chi connectivity index (χ2n) is 8.19. The van der Waals surface area contributed by atoms with Crippen LogP contribution in [0.1, 0.15) is 29.0 Å². The molecule has 0 bridgehead atoms. The van der Waals surface area contributed by atoms with Crippen LogP contribution in [0.5, 0.6) is 0 Å². The van der Waals surface area contributed by atoms with Gasteiger partial charge in [0.2, 0.25) is 0 Å². The van der Waals surface area contributed by atoms with E-state index in [0.29, 0.717) is 25.5 Å². The molecule has 33 heavy (non-hydrogen) atoms. The molecule has 7 heteroatoms. The number of H-pyrrole nitrogens is 1. The van der Waals surface area contributed by atoms with Crippen LogP contribution in [-0.2, 0) is 6.54 Å². The van der Waals surface area contributed by atoms with Gasteiger partial charge in [-0.1, -0.05) is 42.5 Å². The van der Waals surface area contributed by atoms with E-state index < -0.39 is 0 Å². The van der Waals surface area contributed by atoms with Crippen LogP contribution in [0.3, 0.4) is 0 Å². The summed E-state index contributed by atoms with van der Waals surface area (Å²) in [5, 5.41) is 2.95. The Morgan fingerprint density at radius 3 is 2.48 bits per heavy atom. The van der Waals surface area contributed by atoms with E-state index in [1.807, 2.05) is 53.1 Å². The van der Waals surface area contributed by atoms with Crippen molar-refractivity contribution in [2.75, 3.05) is 13.1 Å². The van der Waals surface area contributed by atoms with Crippen molar-refractivity contribution in [2.24, 2.45) is 11.5 Å². The molecule has 1 heterocycles. The van der Waals surface area contributed by atoms with E-state index in [9.17, 15) is 9.18 Å². The van der Waals surface area contributed by atoms with E-state index in [0.717, 1.165) is 40.6 Å². The first-order chi connectivity index (χ1) is 16.0. The third-order valence-electron chi connectivity index (χ3n) is 5.69. The normalized spacial score (nSPS) is 12.1. The maximum atomic E-state index is 13.4. The van der Waals surface area contributed by atoms with Crippen LogP contribution >= 0.6 is 0 Å². The molecule has 0 spiro atoms. The number of nitrogens with one attached hydrogen (secondary N) is 2. The number of nitrogens with zero attached hydrogens (tertiary/aromatic N) is 1. The number of hydrogen-bond donors (Lipinski definition) is 4. The number of aromatic amines is 1. The lowest BCUT2D eigenvalue weighted by atomic mass is 10.1. The third kappa shape index (κ3) is 5.45. The van der Waals surface area contributed by atoms with Gasteiger partial charge in [-0.3, -0.25) is 4.79 Å². The van der Waals surface area contributed by atoms with Crippen LogP contribution in [0.2, 0.25) is 0 Å². The molecular formula is C26H29FN5O+. The third-order valence-corrected chi connectivity index (χ3v) is 5.69. The highest BCUT2D eigenvalue weighted by Crippen LogP contribution is 2.23. The minimum atomic E-state index is -0.274. The van der Waals surface area contributed by atoms with Gasteiger partial charge in [0.15, 0.2) is 11.0 Å². The van der Waals surface area contributed by atoms with E-state index in [4.69, 9.17) is 11.5 Å². The number of amides is 1. The molecule has 1 atom stereocenters. The van der Waals surface area contributed by atoms with Gasteiger partial charge in [-0.05, 0) is 66.4 Å². The van der Waals surface area contributed by atoms with Crippen molar-refractivity contribution in [1.82, 2.24) is 10.3 Å². The first-order valence-corrected chi connectivity index (χ1v) is 11.1. The summed E-state index contributed by atoms with van der Waals surface area (Å²) < 4.78 is 15.4. The molecule has 6 N–H and O–H groups in total. The Hall–Kier alpha value is -3.55. The highest BCUT2D eigenvalue weighted by molar-refractivity contribution is 5.92. The zero-order valence-corrected chi connectivity index (χ0v) is 18.4. The molecule has 0 aliphatic heterocycles. The van der Waals surface area contributed by atoms with Gasteiger partial charge in [-0.15, -0.1) is 0 Å². The second kappa shape index (κ2) is 10.4. The van der Waals surface area contributed by atoms with Crippen molar-refractivity contribution >= 4 is 16.9 Å². The smallest absolute Gasteiger partial charge is 0.344 e. The summed E-state index contributed by atoms with van der Waals surface area (Å²) >= 11 is 0. The predicted molar refractivity (Wildman–Crippen MR) is 128 cm³/mol. The number of halogens is 1. The summed E-state index contributed by atoms with van der Waals surface area (Å²) in [6.45, 7) is 1.48. The lowest BCUT2D eigenvalue weighted by Gasteiger charge is -2.11. The Bertz CT molecular complexity index is 1220. The molecule has 0 aliphatic carbocycles. The number of carbonyl (C=O) groups excluding carboxylic acids is 1. The standard InChI is InChI=1S/C26H28FN5O/c27-21-11-8-19(9-12-21)20-10-13-23-24(15-20)32(17-18-5-2-1-3-6-18)25(31-23)26(33)30-16-22(29)7-4-14-28/h1-3,5-6,8-13,15,22H,4,7,14,16-17,28-29H2,(H,30,33)/p+1/t22-/m0/s1. The Morgan fingerprint density at radius 2 is 1.76 bits per heavy atom. The predicted octanol–water partition coefficient (Wildman–Crippen LogP) is 3.11. The number of hydrogen-bond acceptors (Lipinski definition) is 3. The average Bonchev–Trinajstić information content (AvgIpc) is 3.20. The van der Waals surface area contributed by atoms with E-state index in [1.54, 1.807) is 12.1 Å². The molecule has 170 valence electrons. The highest BCUT2D eigenvalue weighted by atomic mass is 19.1. The van der Waals surface area contributed by atoms with Gasteiger partial charge in [-0.25, -0.2) is 13.9 Å². The van der Waals surface area contributed by atoms with Crippen molar-refractivity contribution < 1.29 is 13.8 Å². The van der Waals surface area contributed by atoms with Crippen LogP contribution in [0.25, 0.3) is 22.2 Å². The zero-order valence-electron chi connectivity index (χ0n) is 18.4. The number of carbonyl (C=O) groups is 1. The average molecular weight is 447 g/mol. The molecule has 0 unspecified atom stereocenters. The maximum absolute atomic E-state index is 13.4. The van der Waals surface area contributed by atoms with Crippen molar-refractivity contribution in [1.29, 1.82) is 0 Å². The number of fused-ring (bicyclic) bond motifs is 1. The molecule has 1 amide bonds. The lowest BCUT2D eigenvalue weighted by Crippen LogP contribution is -2.45. The topological polar surface area (TPSA) is 101 Å². The molecule has 0 saturated heterocycles. The summed E-state index contributed by atoms with van der Waals surface area (Å²) in [7, 11) is 0. The Balaban J connectivity index is 1.69. The fraction of sp³-hybridized carbons (Fsp3) is 0.231. The molecule has 0 saturated carbocycles. The molecule has 0 fully saturated rings. The number of aromatic nitrogens is 2. The summed E-state index contributed by atoms with van der Waals surface area (Å²) in [5.41, 5.74) is 16.3. The minimum Gasteiger partial charge on any atom is -0.344 e. The quantitative estimate of drug-likeness (QED) is 0.297. The van der Waals surface area contributed by atoms with Crippen LogP contribution in [0.4, 0.5) is 4.39 Å². The van der Waals surface area contributed by atoms with Gasteiger partial charge in [-0.2, -0.15) is 0 Å². The number of imidazole rings is 1. The largest absolute Gasteiger partial charge is 0.346 e. The van der Waals surface area contributed by atoms with Crippen LogP contribution in [0.15, 0.2) is 72.8 Å². The Morgan fingerprint density at radius 1 is 1.03 bits per heavy atom. The lowest BCUT2D eigenvalue weighted by molar-refractivity contribution is -0.664. The van der Waals surface area contributed by atoms with Gasteiger partial charge >= 0.3 is 11.7 Å². The van der Waals surface area contributed by atoms with Crippen LogP contribution in [0, 0.1) is 5.82 Å². The SMILES string of the molecule is NCCC[C@H](N)CNC(=O)c1[nH]c2ccc(-c3ccc(F)cc3)cc2[n+]1Cc1ccccc1. The first-order valence-electron chi connectivity index (χ1n) is 11.1. The fourth-order valence-electron chi connectivity index (χ4n) is 3.90. The summed E-state index contributed by atoms with van der Waals surface area (Å²) in [5.74, 6) is -0.0333. The molecule has 6 nitrogen and oxygen atoms in total. The number of nitrogens with two attached hydrogens (primary N) is 2. The molecule has 3 aromatic carbocycles. The van der Waals surface area contributed by atoms with E-state index in [-0.39, 0.29) is 17.8 Å². The van der Waals surface area contributed by atoms with Gasteiger partial charge in [0.25, 0.3) is 0 Å². The number of benzene rings is 3. The molecule has 4 aromatic rings. The summed E-state index contributed by atoms with van der Waals surface area (Å²) in [6, 6.07) is 22.1. The van der Waals surface area contributed by atoms with E-state index >= 15 is 0 Å². The van der Waals surface area contributed by atoms with Crippen molar-refractivity contribution in [2.45, 2.75) is 25.4 Å². The first kappa shape index (κ1) is 22.6. The van der Waals surface area contributed by atoms with Crippen molar-refractivity contribution in [3.8, 4) is 11.1 Å². The summed E-state index contributed by atoms with van der Waals surface area (Å²) in [6.07, 6.45) is 1.58. The van der Waals surface area contributed by atoms with E-state index in [2.05, 4.69) is 10.3 Å². The molecular weight excluding hydrogens is 417 g/mol. The van der Waals surface area contributed by atoms with Crippen molar-refractivity contribution in [3.05, 3.63) is 90.0 Å². The molecule has 4 rings (SSSR count). The number of rotatable bonds is 9. The molecule has 0 aliphatic rings. The van der Waals surface area contributed by atoms with Gasteiger partial charge < -0.3 is 16.8 Å². The Kier molecular flexibility index (Phi) is 7.12. The van der Waals surface area contributed by atoms with Crippen LogP contribution in [-0.4, -0.2) is 30.0 Å². The molecule has 1 aromatic heterocycles. The summed E-state index contributed by atoms with van der Waals surface area (Å²) in [4.78, 5) is 16.4. The minimum absolute atomic E-state index is 0.144. The Labute approximate surface area is 192 Å².